The van der Waals surface area contributed by atoms with Gasteiger partial charge in [0.25, 0.3) is 0 Å². The molecule has 1 amide bonds. The van der Waals surface area contributed by atoms with E-state index in [2.05, 4.69) is 6.07 Å². The minimum Gasteiger partial charge on any atom is -0.465 e. The van der Waals surface area contributed by atoms with Crippen molar-refractivity contribution in [3.05, 3.63) is 30.3 Å². The van der Waals surface area contributed by atoms with Gasteiger partial charge in [-0.05, 0) is 13.0 Å². The predicted octanol–water partition coefficient (Wildman–Crippen LogP) is 1.40. The summed E-state index contributed by atoms with van der Waals surface area (Å²) in [5.41, 5.74) is 0.572. The van der Waals surface area contributed by atoms with Crippen LogP contribution >= 0.6 is 0 Å². The first-order chi connectivity index (χ1) is 7.65. The van der Waals surface area contributed by atoms with E-state index in [-0.39, 0.29) is 12.5 Å². The van der Waals surface area contributed by atoms with E-state index in [1.807, 2.05) is 0 Å². The highest BCUT2D eigenvalue weighted by Gasteiger charge is 2.15. The van der Waals surface area contributed by atoms with Gasteiger partial charge in [-0.25, -0.2) is 0 Å². The molecule has 0 aliphatic carbocycles. The predicted molar refractivity (Wildman–Crippen MR) is 59.9 cm³/mol. The van der Waals surface area contributed by atoms with Gasteiger partial charge in [-0.3, -0.25) is 9.59 Å². The molecule has 1 aromatic carbocycles. The topological polar surface area (TPSA) is 46.6 Å². The molecule has 0 aliphatic heterocycles. The molecule has 1 radical (unpaired) electrons. The van der Waals surface area contributed by atoms with Gasteiger partial charge >= 0.3 is 5.97 Å². The Morgan fingerprint density at radius 1 is 1.44 bits per heavy atom. The number of hydrogen-bond acceptors (Lipinski definition) is 3. The van der Waals surface area contributed by atoms with Gasteiger partial charge in [-0.2, -0.15) is 0 Å². The number of rotatable bonds is 4. The molecule has 0 N–H and O–H groups in total. The molecule has 0 saturated heterocycles. The molecule has 0 fully saturated rings. The number of nitrogens with zero attached hydrogens (tertiary/aromatic N) is 1. The summed E-state index contributed by atoms with van der Waals surface area (Å²) in [6.45, 7) is 3.36. The molecule has 4 heteroatoms. The van der Waals surface area contributed by atoms with Crippen molar-refractivity contribution in [1.29, 1.82) is 0 Å². The molecule has 1 rings (SSSR count). The number of carbonyl (C=O) groups is 2. The Kier molecular flexibility index (Phi) is 4.51. The summed E-state index contributed by atoms with van der Waals surface area (Å²) in [5.74, 6) is -0.634. The van der Waals surface area contributed by atoms with Crippen LogP contribution in [0.1, 0.15) is 13.8 Å². The first kappa shape index (κ1) is 12.2. The number of esters is 1. The second kappa shape index (κ2) is 5.90. The van der Waals surface area contributed by atoms with Crippen molar-refractivity contribution in [3.63, 3.8) is 0 Å². The number of carbonyl (C=O) groups excluding carboxylic acids is 2. The number of ether oxygens (including phenoxy) is 1. The number of para-hydroxylation sites is 1. The fourth-order valence-electron chi connectivity index (χ4n) is 1.25. The van der Waals surface area contributed by atoms with Gasteiger partial charge < -0.3 is 9.64 Å². The van der Waals surface area contributed by atoms with Crippen molar-refractivity contribution in [1.82, 2.24) is 0 Å². The summed E-state index contributed by atoms with van der Waals surface area (Å²) in [6, 6.07) is 9.89. The number of anilines is 1. The Bertz CT molecular complexity index is 362. The van der Waals surface area contributed by atoms with Gasteiger partial charge in [-0.15, -0.1) is 0 Å². The maximum absolute atomic E-state index is 11.4. The lowest BCUT2D eigenvalue weighted by atomic mass is 10.3. The Balaban J connectivity index is 2.77. The van der Waals surface area contributed by atoms with E-state index in [9.17, 15) is 9.59 Å². The lowest BCUT2D eigenvalue weighted by molar-refractivity contribution is -0.142. The van der Waals surface area contributed by atoms with E-state index in [0.29, 0.717) is 12.3 Å². The maximum Gasteiger partial charge on any atom is 0.326 e. The molecule has 0 atom stereocenters. The largest absolute Gasteiger partial charge is 0.465 e. The smallest absolute Gasteiger partial charge is 0.326 e. The van der Waals surface area contributed by atoms with Crippen LogP contribution in [0.2, 0.25) is 0 Å². The second-order valence-corrected chi connectivity index (χ2v) is 3.16. The van der Waals surface area contributed by atoms with E-state index in [4.69, 9.17) is 4.74 Å². The van der Waals surface area contributed by atoms with Gasteiger partial charge in [0, 0.05) is 13.0 Å². The van der Waals surface area contributed by atoms with Crippen LogP contribution in [0.15, 0.2) is 24.3 Å². The minimum absolute atomic E-state index is 0.0797. The van der Waals surface area contributed by atoms with E-state index in [1.54, 1.807) is 31.2 Å². The van der Waals surface area contributed by atoms with Gasteiger partial charge in [0.05, 0.1) is 12.3 Å². The molecular formula is C12H14NO3. The summed E-state index contributed by atoms with van der Waals surface area (Å²) in [5, 5.41) is 0. The Labute approximate surface area is 94.8 Å². The van der Waals surface area contributed by atoms with Crippen molar-refractivity contribution in [3.8, 4) is 0 Å². The van der Waals surface area contributed by atoms with Crippen LogP contribution in [0.4, 0.5) is 5.69 Å². The maximum atomic E-state index is 11.4. The van der Waals surface area contributed by atoms with Crippen molar-refractivity contribution in [2.75, 3.05) is 18.1 Å². The van der Waals surface area contributed by atoms with Crippen LogP contribution in [-0.4, -0.2) is 25.0 Å². The molecule has 0 aromatic heterocycles. The molecular weight excluding hydrogens is 206 g/mol. The van der Waals surface area contributed by atoms with Crippen molar-refractivity contribution < 1.29 is 14.3 Å². The Morgan fingerprint density at radius 2 is 2.19 bits per heavy atom. The first-order valence-corrected chi connectivity index (χ1v) is 5.05. The molecule has 0 saturated carbocycles. The van der Waals surface area contributed by atoms with Crippen molar-refractivity contribution >= 4 is 17.6 Å². The molecule has 85 valence electrons. The normalized spacial score (nSPS) is 9.62. The van der Waals surface area contributed by atoms with Crippen LogP contribution < -0.4 is 4.90 Å². The highest BCUT2D eigenvalue weighted by Crippen LogP contribution is 2.12. The quantitative estimate of drug-likeness (QED) is 0.720. The van der Waals surface area contributed by atoms with Crippen molar-refractivity contribution in [2.24, 2.45) is 0 Å². The molecule has 0 bridgehead atoms. The van der Waals surface area contributed by atoms with E-state index in [0.717, 1.165) is 0 Å². The van der Waals surface area contributed by atoms with Gasteiger partial charge in [-0.1, -0.05) is 18.2 Å². The molecule has 1 aromatic rings. The average Bonchev–Trinajstić information content (AvgIpc) is 2.27. The molecule has 0 aliphatic rings. The van der Waals surface area contributed by atoms with Crippen LogP contribution in [0.25, 0.3) is 0 Å². The number of hydrogen-bond donors (Lipinski definition) is 0. The summed E-state index contributed by atoms with van der Waals surface area (Å²) in [7, 11) is 0. The summed E-state index contributed by atoms with van der Waals surface area (Å²) < 4.78 is 4.80. The van der Waals surface area contributed by atoms with Crippen LogP contribution in [0, 0.1) is 6.07 Å². The second-order valence-electron chi connectivity index (χ2n) is 3.16. The zero-order valence-electron chi connectivity index (χ0n) is 9.40. The van der Waals surface area contributed by atoms with Gasteiger partial charge in [0.15, 0.2) is 0 Å². The highest BCUT2D eigenvalue weighted by molar-refractivity contribution is 5.96. The highest BCUT2D eigenvalue weighted by atomic mass is 16.5. The fraction of sp³-hybridized carbons (Fsp3) is 0.333. The average molecular weight is 220 g/mol. The molecule has 4 nitrogen and oxygen atoms in total. The number of amides is 1. The summed E-state index contributed by atoms with van der Waals surface area (Å²) in [4.78, 5) is 24.0. The third-order valence-electron chi connectivity index (χ3n) is 1.96. The lowest BCUT2D eigenvalue weighted by Crippen LogP contribution is -2.34. The molecule has 0 unspecified atom stereocenters. The molecule has 0 heterocycles. The summed E-state index contributed by atoms with van der Waals surface area (Å²) in [6.07, 6.45) is 0. The SMILES string of the molecule is CCOC(=O)CN(C(C)=O)c1[c]cccc1. The van der Waals surface area contributed by atoms with E-state index in [1.165, 1.54) is 11.8 Å². The van der Waals surface area contributed by atoms with Crippen molar-refractivity contribution in [2.45, 2.75) is 13.8 Å². The lowest BCUT2D eigenvalue weighted by Gasteiger charge is -2.19. The standard InChI is InChI=1S/C12H14NO3/c1-3-16-12(15)9-13(10(2)14)11-7-5-4-6-8-11/h4-7H,3,9H2,1-2H3. The third-order valence-corrected chi connectivity index (χ3v) is 1.96. The monoisotopic (exact) mass is 220 g/mol. The van der Waals surface area contributed by atoms with Crippen LogP contribution in [0.5, 0.6) is 0 Å². The zero-order chi connectivity index (χ0) is 12.0. The van der Waals surface area contributed by atoms with E-state index >= 15 is 0 Å². The minimum atomic E-state index is -0.421. The van der Waals surface area contributed by atoms with Gasteiger partial charge in [0.1, 0.15) is 6.54 Å². The van der Waals surface area contributed by atoms with Crippen LogP contribution in [-0.2, 0) is 14.3 Å². The van der Waals surface area contributed by atoms with Gasteiger partial charge in [0.2, 0.25) is 5.91 Å². The Morgan fingerprint density at radius 3 is 2.69 bits per heavy atom. The van der Waals surface area contributed by atoms with Crippen LogP contribution in [0.3, 0.4) is 0 Å². The third kappa shape index (κ3) is 3.38. The zero-order valence-corrected chi connectivity index (χ0v) is 9.40. The fourth-order valence-corrected chi connectivity index (χ4v) is 1.25. The van der Waals surface area contributed by atoms with E-state index < -0.39 is 5.97 Å². The molecule has 16 heavy (non-hydrogen) atoms. The molecule has 0 spiro atoms. The Hall–Kier alpha value is -1.84. The first-order valence-electron chi connectivity index (χ1n) is 5.05. The number of benzene rings is 1. The summed E-state index contributed by atoms with van der Waals surface area (Å²) >= 11 is 0.